The van der Waals surface area contributed by atoms with Crippen LogP contribution in [0.4, 0.5) is 4.39 Å². The van der Waals surface area contributed by atoms with Crippen molar-refractivity contribution < 1.29 is 4.39 Å². The molecule has 5 heteroatoms. The summed E-state index contributed by atoms with van der Waals surface area (Å²) in [7, 11) is 0. The van der Waals surface area contributed by atoms with Gasteiger partial charge in [0.05, 0.1) is 10.6 Å². The van der Waals surface area contributed by atoms with Crippen LogP contribution in [0.15, 0.2) is 18.2 Å². The Kier molecular flexibility index (Phi) is 3.31. The minimum atomic E-state index is -0.461. The van der Waals surface area contributed by atoms with Crippen LogP contribution >= 0.6 is 23.2 Å². The van der Waals surface area contributed by atoms with Gasteiger partial charge in [0.2, 0.25) is 0 Å². The van der Waals surface area contributed by atoms with E-state index in [1.54, 1.807) is 13.0 Å². The van der Waals surface area contributed by atoms with Crippen LogP contribution < -0.4 is 0 Å². The molecular formula is C12H9Cl2FN2. The topological polar surface area (TPSA) is 25.8 Å². The van der Waals surface area contributed by atoms with E-state index in [-0.39, 0.29) is 16.4 Å². The molecule has 2 nitrogen and oxygen atoms in total. The maximum atomic E-state index is 13.7. The van der Waals surface area contributed by atoms with Crippen molar-refractivity contribution in [3.05, 3.63) is 45.4 Å². The highest BCUT2D eigenvalue weighted by Crippen LogP contribution is 2.29. The average molecular weight is 271 g/mol. The minimum Gasteiger partial charge on any atom is -0.233 e. The lowest BCUT2D eigenvalue weighted by Gasteiger charge is -2.08. The van der Waals surface area contributed by atoms with Crippen LogP contribution in [-0.4, -0.2) is 9.97 Å². The van der Waals surface area contributed by atoms with Crippen LogP contribution in [0.1, 0.15) is 11.3 Å². The second kappa shape index (κ2) is 4.59. The van der Waals surface area contributed by atoms with E-state index in [4.69, 9.17) is 23.2 Å². The fraction of sp³-hybridized carbons (Fsp3) is 0.167. The fourth-order valence-electron chi connectivity index (χ4n) is 1.42. The first-order valence-corrected chi connectivity index (χ1v) is 5.71. The number of aromatic nitrogens is 2. The number of hydrogen-bond donors (Lipinski definition) is 0. The van der Waals surface area contributed by atoms with Crippen molar-refractivity contribution in [1.29, 1.82) is 0 Å². The molecule has 17 heavy (non-hydrogen) atoms. The van der Waals surface area contributed by atoms with Gasteiger partial charge in [-0.05, 0) is 26.0 Å². The second-order valence-electron chi connectivity index (χ2n) is 3.65. The Labute approximate surface area is 108 Å². The molecule has 0 radical (unpaired) electrons. The van der Waals surface area contributed by atoms with E-state index in [1.165, 1.54) is 12.1 Å². The van der Waals surface area contributed by atoms with Crippen LogP contribution in [0.3, 0.4) is 0 Å². The van der Waals surface area contributed by atoms with E-state index >= 15 is 0 Å². The SMILES string of the molecule is Cc1nc(-c2c(F)cccc2Cl)nc(Cl)c1C. The number of nitrogens with zero attached hydrogens (tertiary/aromatic N) is 2. The van der Waals surface area contributed by atoms with Crippen molar-refractivity contribution in [2.45, 2.75) is 13.8 Å². The molecule has 0 amide bonds. The summed E-state index contributed by atoms with van der Waals surface area (Å²) in [5.41, 5.74) is 1.67. The molecule has 0 bridgehead atoms. The molecule has 2 rings (SSSR count). The minimum absolute atomic E-state index is 0.180. The summed E-state index contributed by atoms with van der Waals surface area (Å²) in [6.07, 6.45) is 0. The van der Waals surface area contributed by atoms with Gasteiger partial charge in [-0.2, -0.15) is 0 Å². The predicted octanol–water partition coefficient (Wildman–Crippen LogP) is 4.21. The number of rotatable bonds is 1. The smallest absolute Gasteiger partial charge is 0.165 e. The zero-order chi connectivity index (χ0) is 12.6. The third-order valence-electron chi connectivity index (χ3n) is 2.52. The van der Waals surface area contributed by atoms with Crippen LogP contribution in [0, 0.1) is 19.7 Å². The van der Waals surface area contributed by atoms with E-state index in [0.29, 0.717) is 10.8 Å². The third-order valence-corrected chi connectivity index (χ3v) is 3.20. The molecule has 1 heterocycles. The zero-order valence-corrected chi connectivity index (χ0v) is 10.8. The van der Waals surface area contributed by atoms with Crippen molar-refractivity contribution in [2.75, 3.05) is 0 Å². The number of hydrogen-bond acceptors (Lipinski definition) is 2. The van der Waals surface area contributed by atoms with Gasteiger partial charge < -0.3 is 0 Å². The molecule has 2 aromatic rings. The highest BCUT2D eigenvalue weighted by molar-refractivity contribution is 6.33. The Morgan fingerprint density at radius 1 is 1.12 bits per heavy atom. The molecule has 0 aliphatic rings. The average Bonchev–Trinajstić information content (AvgIpc) is 2.25. The van der Waals surface area contributed by atoms with Crippen molar-refractivity contribution in [2.24, 2.45) is 0 Å². The van der Waals surface area contributed by atoms with E-state index in [0.717, 1.165) is 5.56 Å². The first kappa shape index (κ1) is 12.3. The largest absolute Gasteiger partial charge is 0.233 e. The van der Waals surface area contributed by atoms with Crippen LogP contribution in [0.2, 0.25) is 10.2 Å². The molecular weight excluding hydrogens is 262 g/mol. The molecule has 0 saturated carbocycles. The lowest BCUT2D eigenvalue weighted by molar-refractivity contribution is 0.630. The molecule has 0 aliphatic carbocycles. The predicted molar refractivity (Wildman–Crippen MR) is 66.9 cm³/mol. The molecule has 1 aromatic carbocycles. The fourth-order valence-corrected chi connectivity index (χ4v) is 1.88. The van der Waals surface area contributed by atoms with Crippen LogP contribution in [0.25, 0.3) is 11.4 Å². The molecule has 0 aliphatic heterocycles. The quantitative estimate of drug-likeness (QED) is 0.726. The lowest BCUT2D eigenvalue weighted by atomic mass is 10.2. The highest BCUT2D eigenvalue weighted by atomic mass is 35.5. The Bertz CT molecular complexity index is 541. The van der Waals surface area contributed by atoms with E-state index in [1.807, 2.05) is 6.92 Å². The Hall–Kier alpha value is -1.19. The molecule has 88 valence electrons. The standard InChI is InChI=1S/C12H9Cl2FN2/c1-6-7(2)16-12(17-11(6)14)10-8(13)4-3-5-9(10)15/h3-5H,1-2H3. The summed E-state index contributed by atoms with van der Waals surface area (Å²) in [5.74, 6) is -0.252. The molecule has 1 aromatic heterocycles. The van der Waals surface area contributed by atoms with E-state index in [9.17, 15) is 4.39 Å². The van der Waals surface area contributed by atoms with Gasteiger partial charge >= 0.3 is 0 Å². The maximum absolute atomic E-state index is 13.7. The van der Waals surface area contributed by atoms with Gasteiger partial charge in [-0.3, -0.25) is 0 Å². The molecule has 0 unspecified atom stereocenters. The highest BCUT2D eigenvalue weighted by Gasteiger charge is 2.14. The molecule has 0 atom stereocenters. The van der Waals surface area contributed by atoms with Crippen molar-refractivity contribution >= 4 is 23.2 Å². The normalized spacial score (nSPS) is 10.6. The van der Waals surface area contributed by atoms with Gasteiger partial charge in [-0.15, -0.1) is 0 Å². The lowest BCUT2D eigenvalue weighted by Crippen LogP contribution is -1.98. The van der Waals surface area contributed by atoms with Crippen molar-refractivity contribution in [3.63, 3.8) is 0 Å². The molecule has 0 N–H and O–H groups in total. The Morgan fingerprint density at radius 2 is 1.82 bits per heavy atom. The summed E-state index contributed by atoms with van der Waals surface area (Å²) in [4.78, 5) is 8.26. The van der Waals surface area contributed by atoms with Gasteiger partial charge in [0, 0.05) is 11.3 Å². The first-order chi connectivity index (χ1) is 8.00. The summed E-state index contributed by atoms with van der Waals surface area (Å²) >= 11 is 11.9. The Balaban J connectivity index is 2.69. The van der Waals surface area contributed by atoms with Gasteiger partial charge in [0.15, 0.2) is 5.82 Å². The zero-order valence-electron chi connectivity index (χ0n) is 9.26. The van der Waals surface area contributed by atoms with Crippen molar-refractivity contribution in [1.82, 2.24) is 9.97 Å². The number of aryl methyl sites for hydroxylation is 1. The third kappa shape index (κ3) is 2.26. The Morgan fingerprint density at radius 3 is 2.41 bits per heavy atom. The first-order valence-electron chi connectivity index (χ1n) is 4.96. The second-order valence-corrected chi connectivity index (χ2v) is 4.41. The van der Waals surface area contributed by atoms with Crippen LogP contribution in [0.5, 0.6) is 0 Å². The number of halogens is 3. The van der Waals surface area contributed by atoms with Gasteiger partial charge in [0.25, 0.3) is 0 Å². The van der Waals surface area contributed by atoms with Gasteiger partial charge in [-0.1, -0.05) is 29.3 Å². The molecule has 0 fully saturated rings. The summed E-state index contributed by atoms with van der Waals surface area (Å²) in [5, 5.41) is 0.580. The molecule has 0 spiro atoms. The monoisotopic (exact) mass is 270 g/mol. The van der Waals surface area contributed by atoms with E-state index in [2.05, 4.69) is 9.97 Å². The maximum Gasteiger partial charge on any atom is 0.165 e. The number of benzene rings is 1. The van der Waals surface area contributed by atoms with Crippen molar-refractivity contribution in [3.8, 4) is 11.4 Å². The van der Waals surface area contributed by atoms with Gasteiger partial charge in [-0.25, -0.2) is 14.4 Å². The summed E-state index contributed by atoms with van der Waals surface area (Å²) in [6.45, 7) is 3.60. The van der Waals surface area contributed by atoms with E-state index < -0.39 is 5.82 Å². The summed E-state index contributed by atoms with van der Waals surface area (Å²) < 4.78 is 13.7. The van der Waals surface area contributed by atoms with Gasteiger partial charge in [0.1, 0.15) is 11.0 Å². The van der Waals surface area contributed by atoms with Crippen LogP contribution in [-0.2, 0) is 0 Å². The summed E-state index contributed by atoms with van der Waals surface area (Å²) in [6, 6.07) is 4.43. The molecule has 0 saturated heterocycles.